The van der Waals surface area contributed by atoms with Gasteiger partial charge in [-0.25, -0.2) is 22.0 Å². The standard InChI is InChI=1S/C11H11F5O2Si/c1-4-5(17)18-19(2,3)11-9(15)7(13)6(12)8(14)10(11)16/h4H2,1-3H3. The van der Waals surface area contributed by atoms with E-state index in [1.807, 2.05) is 0 Å². The van der Waals surface area contributed by atoms with Crippen molar-refractivity contribution in [2.45, 2.75) is 26.4 Å². The summed E-state index contributed by atoms with van der Waals surface area (Å²) < 4.78 is 71.0. The first-order valence-corrected chi connectivity index (χ1v) is 8.28. The van der Waals surface area contributed by atoms with Crippen LogP contribution < -0.4 is 5.19 Å². The zero-order valence-electron chi connectivity index (χ0n) is 10.4. The predicted molar refractivity (Wildman–Crippen MR) is 59.7 cm³/mol. The van der Waals surface area contributed by atoms with Gasteiger partial charge >= 0.3 is 0 Å². The fraction of sp³-hybridized carbons (Fsp3) is 0.364. The molecule has 0 bridgehead atoms. The molecule has 106 valence electrons. The normalized spacial score (nSPS) is 11.6. The molecule has 0 aliphatic rings. The number of rotatable bonds is 3. The number of hydrogen-bond acceptors (Lipinski definition) is 2. The molecule has 0 saturated heterocycles. The summed E-state index contributed by atoms with van der Waals surface area (Å²) in [5, 5.41) is -1.04. The predicted octanol–water partition coefficient (Wildman–Crippen LogP) is 2.75. The van der Waals surface area contributed by atoms with Gasteiger partial charge in [-0.2, -0.15) is 0 Å². The molecule has 1 rings (SSSR count). The minimum atomic E-state index is -3.58. The molecule has 0 atom stereocenters. The summed E-state index contributed by atoms with van der Waals surface area (Å²) in [6.45, 7) is 3.81. The van der Waals surface area contributed by atoms with Crippen LogP contribution in [0.3, 0.4) is 0 Å². The number of carbonyl (C=O) groups excluding carboxylic acids is 1. The maximum absolute atomic E-state index is 13.6. The average molecular weight is 298 g/mol. The van der Waals surface area contributed by atoms with Crippen LogP contribution >= 0.6 is 0 Å². The zero-order chi connectivity index (χ0) is 15.0. The van der Waals surface area contributed by atoms with Crippen LogP contribution in [-0.2, 0) is 9.22 Å². The Morgan fingerprint density at radius 3 is 1.68 bits per heavy atom. The highest BCUT2D eigenvalue weighted by Crippen LogP contribution is 2.20. The Morgan fingerprint density at radius 1 is 0.947 bits per heavy atom. The maximum Gasteiger partial charge on any atom is 0.292 e. The molecule has 1 aromatic rings. The molecule has 0 saturated carbocycles. The fourth-order valence-corrected chi connectivity index (χ4v) is 3.63. The Labute approximate surface area is 107 Å². The van der Waals surface area contributed by atoms with Gasteiger partial charge in [-0.1, -0.05) is 6.92 Å². The smallest absolute Gasteiger partial charge is 0.292 e. The van der Waals surface area contributed by atoms with Gasteiger partial charge in [-0.3, -0.25) is 4.79 Å². The molecule has 1 aromatic carbocycles. The van der Waals surface area contributed by atoms with Gasteiger partial charge in [-0.05, 0) is 13.1 Å². The number of carbonyl (C=O) groups is 1. The summed E-state index contributed by atoms with van der Waals surface area (Å²) in [6, 6.07) is 0. The molecule has 19 heavy (non-hydrogen) atoms. The van der Waals surface area contributed by atoms with Crippen molar-refractivity contribution in [3.05, 3.63) is 29.1 Å². The van der Waals surface area contributed by atoms with E-state index < -0.39 is 48.6 Å². The van der Waals surface area contributed by atoms with Crippen molar-refractivity contribution in [2.75, 3.05) is 0 Å². The van der Waals surface area contributed by atoms with Gasteiger partial charge in [0.05, 0.1) is 5.19 Å². The van der Waals surface area contributed by atoms with Crippen LogP contribution in [0.2, 0.25) is 13.1 Å². The summed E-state index contributed by atoms with van der Waals surface area (Å²) in [5.41, 5.74) is 0. The number of halogens is 5. The quantitative estimate of drug-likeness (QED) is 0.371. The monoisotopic (exact) mass is 298 g/mol. The van der Waals surface area contributed by atoms with Crippen LogP contribution in [0, 0.1) is 29.1 Å². The molecule has 0 aliphatic heterocycles. The van der Waals surface area contributed by atoms with Gasteiger partial charge in [0, 0.05) is 6.42 Å². The third-order valence-electron chi connectivity index (χ3n) is 2.47. The second-order valence-electron chi connectivity index (χ2n) is 4.28. The molecule has 0 radical (unpaired) electrons. The number of benzene rings is 1. The van der Waals surface area contributed by atoms with Crippen LogP contribution in [0.5, 0.6) is 0 Å². The van der Waals surface area contributed by atoms with Crippen molar-refractivity contribution in [3.8, 4) is 0 Å². The highest BCUT2D eigenvalue weighted by molar-refractivity contribution is 6.85. The van der Waals surface area contributed by atoms with Crippen LogP contribution in [0.25, 0.3) is 0 Å². The Kier molecular flexibility index (Phi) is 4.34. The SMILES string of the molecule is CCC(=O)O[Si](C)(C)c1c(F)c(F)c(F)c(F)c1F. The molecule has 2 nitrogen and oxygen atoms in total. The average Bonchev–Trinajstić information content (AvgIpc) is 2.33. The largest absolute Gasteiger partial charge is 0.515 e. The summed E-state index contributed by atoms with van der Waals surface area (Å²) in [4.78, 5) is 11.2. The second-order valence-corrected chi connectivity index (χ2v) is 8.01. The third-order valence-corrected chi connectivity index (χ3v) is 4.85. The molecular weight excluding hydrogens is 287 g/mol. The Bertz CT molecular complexity index is 501. The Balaban J connectivity index is 3.46. The maximum atomic E-state index is 13.6. The molecule has 0 unspecified atom stereocenters. The molecule has 0 heterocycles. The van der Waals surface area contributed by atoms with E-state index in [1.165, 1.54) is 20.0 Å². The summed E-state index contributed by atoms with van der Waals surface area (Å²) >= 11 is 0. The van der Waals surface area contributed by atoms with Crippen LogP contribution in [-0.4, -0.2) is 14.3 Å². The van der Waals surface area contributed by atoms with Crippen molar-refractivity contribution < 1.29 is 31.2 Å². The Hall–Kier alpha value is -1.44. The number of hydrogen-bond donors (Lipinski definition) is 0. The second kappa shape index (κ2) is 5.28. The van der Waals surface area contributed by atoms with Crippen molar-refractivity contribution in [1.29, 1.82) is 0 Å². The molecule has 0 aromatic heterocycles. The first-order chi connectivity index (χ1) is 8.63. The van der Waals surface area contributed by atoms with Crippen molar-refractivity contribution >= 4 is 19.5 Å². The molecule has 0 fully saturated rings. The van der Waals surface area contributed by atoms with E-state index >= 15 is 0 Å². The Morgan fingerprint density at radius 2 is 1.32 bits per heavy atom. The summed E-state index contributed by atoms with van der Waals surface area (Å²) in [7, 11) is -3.58. The van der Waals surface area contributed by atoms with Gasteiger partial charge in [0.15, 0.2) is 23.3 Å². The van der Waals surface area contributed by atoms with Gasteiger partial charge in [-0.15, -0.1) is 0 Å². The molecule has 0 spiro atoms. The molecule has 8 heteroatoms. The van der Waals surface area contributed by atoms with E-state index in [9.17, 15) is 26.7 Å². The highest BCUT2D eigenvalue weighted by Gasteiger charge is 2.40. The molecule has 0 aliphatic carbocycles. The van der Waals surface area contributed by atoms with E-state index in [2.05, 4.69) is 0 Å². The first-order valence-electron chi connectivity index (χ1n) is 5.37. The lowest BCUT2D eigenvalue weighted by molar-refractivity contribution is -0.134. The lowest BCUT2D eigenvalue weighted by atomic mass is 10.3. The summed E-state index contributed by atoms with van der Waals surface area (Å²) in [5.74, 6) is -11.0. The van der Waals surface area contributed by atoms with Crippen molar-refractivity contribution in [2.24, 2.45) is 0 Å². The molecule has 0 amide bonds. The van der Waals surface area contributed by atoms with Crippen LogP contribution in [0.4, 0.5) is 22.0 Å². The highest BCUT2D eigenvalue weighted by atomic mass is 28.4. The van der Waals surface area contributed by atoms with E-state index in [-0.39, 0.29) is 6.42 Å². The lowest BCUT2D eigenvalue weighted by Crippen LogP contribution is -2.51. The lowest BCUT2D eigenvalue weighted by Gasteiger charge is -2.24. The van der Waals surface area contributed by atoms with Crippen molar-refractivity contribution in [3.63, 3.8) is 0 Å². The summed E-state index contributed by atoms with van der Waals surface area (Å²) in [6.07, 6.45) is -0.0637. The first kappa shape index (κ1) is 15.6. The molecular formula is C11H11F5O2Si. The minimum absolute atomic E-state index is 0.0637. The zero-order valence-corrected chi connectivity index (χ0v) is 11.4. The van der Waals surface area contributed by atoms with E-state index in [0.29, 0.717) is 0 Å². The third kappa shape index (κ3) is 2.78. The van der Waals surface area contributed by atoms with Crippen LogP contribution in [0.15, 0.2) is 0 Å². The van der Waals surface area contributed by atoms with Gasteiger partial charge < -0.3 is 4.43 Å². The van der Waals surface area contributed by atoms with Gasteiger partial charge in [0.25, 0.3) is 14.3 Å². The van der Waals surface area contributed by atoms with Crippen molar-refractivity contribution in [1.82, 2.24) is 0 Å². The van der Waals surface area contributed by atoms with E-state index in [1.54, 1.807) is 0 Å². The molecule has 0 N–H and O–H groups in total. The van der Waals surface area contributed by atoms with E-state index in [0.717, 1.165) is 0 Å². The van der Waals surface area contributed by atoms with Gasteiger partial charge in [0.2, 0.25) is 5.82 Å². The fourth-order valence-electron chi connectivity index (χ4n) is 1.54. The van der Waals surface area contributed by atoms with E-state index in [4.69, 9.17) is 4.43 Å². The van der Waals surface area contributed by atoms with Crippen LogP contribution in [0.1, 0.15) is 13.3 Å². The topological polar surface area (TPSA) is 26.3 Å². The minimum Gasteiger partial charge on any atom is -0.515 e. The van der Waals surface area contributed by atoms with Gasteiger partial charge in [0.1, 0.15) is 0 Å².